The first-order valence-electron chi connectivity index (χ1n) is 12.4. The smallest absolute Gasteiger partial charge is 0.335 e. The van der Waals surface area contributed by atoms with Gasteiger partial charge in [-0.2, -0.15) is 0 Å². The molecule has 2 fully saturated rings. The Hall–Kier alpha value is -3.93. The minimum Gasteiger partial charge on any atom is -0.494 e. The number of nitrogen functional groups attached to an aromatic ring is 1. The van der Waals surface area contributed by atoms with Gasteiger partial charge in [-0.3, -0.25) is 19.8 Å². The summed E-state index contributed by atoms with van der Waals surface area (Å²) in [5, 5.41) is 23.8. The van der Waals surface area contributed by atoms with Crippen molar-refractivity contribution in [1.29, 1.82) is 5.41 Å². The number of amides is 3. The number of piperidine rings is 1. The number of carbonyl (C=O) groups excluding carboxylic acids is 3. The highest BCUT2D eigenvalue weighted by Gasteiger charge is 2.61. The minimum atomic E-state index is -1.05. The molecule has 2 aliphatic rings. The molecule has 11 nitrogen and oxygen atoms in total. The van der Waals surface area contributed by atoms with Crippen molar-refractivity contribution in [3.05, 3.63) is 51.7 Å². The molecule has 38 heavy (non-hydrogen) atoms. The van der Waals surface area contributed by atoms with Crippen LogP contribution in [0.5, 0.6) is 5.75 Å². The molecule has 2 aromatic rings. The SMILES string of the molecule is CC1C2CC(C(=O)NCc3cc(C(=N)N)cs3)N(C(=O)CNC(=O)CCCOc3cccc(C(=O)O)c3)C12. The summed E-state index contributed by atoms with van der Waals surface area (Å²) in [6.45, 7) is 2.38. The second-order valence-electron chi connectivity index (χ2n) is 9.56. The molecule has 202 valence electrons. The van der Waals surface area contributed by atoms with Crippen LogP contribution in [0.4, 0.5) is 0 Å². The number of fused-ring (bicyclic) bond motifs is 1. The number of hydrogen-bond donors (Lipinski definition) is 5. The molecule has 1 aromatic carbocycles. The van der Waals surface area contributed by atoms with Gasteiger partial charge in [0.2, 0.25) is 17.7 Å². The van der Waals surface area contributed by atoms with Crippen LogP contribution in [-0.4, -0.2) is 64.8 Å². The number of rotatable bonds is 12. The quantitative estimate of drug-likeness (QED) is 0.154. The number of nitrogens with one attached hydrogen (secondary N) is 3. The molecule has 2 heterocycles. The predicted octanol–water partition coefficient (Wildman–Crippen LogP) is 1.56. The van der Waals surface area contributed by atoms with E-state index in [1.807, 2.05) is 0 Å². The molecule has 1 aliphatic heterocycles. The fourth-order valence-corrected chi connectivity index (χ4v) is 5.71. The largest absolute Gasteiger partial charge is 0.494 e. The average molecular weight is 542 g/mol. The van der Waals surface area contributed by atoms with Crippen LogP contribution in [-0.2, 0) is 20.9 Å². The third kappa shape index (κ3) is 6.31. The van der Waals surface area contributed by atoms with Gasteiger partial charge in [0.25, 0.3) is 0 Å². The third-order valence-corrected chi connectivity index (χ3v) is 7.93. The predicted molar refractivity (Wildman–Crippen MR) is 140 cm³/mol. The van der Waals surface area contributed by atoms with Crippen LogP contribution in [0.3, 0.4) is 0 Å². The van der Waals surface area contributed by atoms with Crippen LogP contribution in [0.15, 0.2) is 35.7 Å². The van der Waals surface area contributed by atoms with E-state index < -0.39 is 12.0 Å². The van der Waals surface area contributed by atoms with Crippen molar-refractivity contribution in [2.75, 3.05) is 13.2 Å². The van der Waals surface area contributed by atoms with Gasteiger partial charge >= 0.3 is 5.97 Å². The van der Waals surface area contributed by atoms with Gasteiger partial charge in [-0.15, -0.1) is 11.3 Å². The molecule has 0 spiro atoms. The molecule has 0 radical (unpaired) electrons. The Bertz CT molecular complexity index is 1250. The zero-order valence-electron chi connectivity index (χ0n) is 20.9. The van der Waals surface area contributed by atoms with E-state index >= 15 is 0 Å². The van der Waals surface area contributed by atoms with Crippen molar-refractivity contribution >= 4 is 40.9 Å². The van der Waals surface area contributed by atoms with E-state index in [-0.39, 0.29) is 60.7 Å². The number of carboxylic acid groups (broad SMARTS) is 1. The van der Waals surface area contributed by atoms with Crippen LogP contribution in [0.2, 0.25) is 0 Å². The number of carboxylic acids is 1. The van der Waals surface area contributed by atoms with Crippen LogP contribution in [0.25, 0.3) is 0 Å². The van der Waals surface area contributed by atoms with E-state index in [1.54, 1.807) is 28.5 Å². The second-order valence-corrected chi connectivity index (χ2v) is 10.6. The van der Waals surface area contributed by atoms with Crippen molar-refractivity contribution < 1.29 is 29.0 Å². The van der Waals surface area contributed by atoms with Gasteiger partial charge in [0.15, 0.2) is 0 Å². The third-order valence-electron chi connectivity index (χ3n) is 6.99. The lowest BCUT2D eigenvalue weighted by Gasteiger charge is -2.28. The van der Waals surface area contributed by atoms with Crippen LogP contribution >= 0.6 is 11.3 Å². The fourth-order valence-electron chi connectivity index (χ4n) is 4.89. The molecule has 0 bridgehead atoms. The standard InChI is InChI=1S/C26H31N5O6S/c1-14-19-10-20(25(34)30-11-18-9-16(13-38-18)24(27)28)31(23(14)19)22(33)12-29-21(32)6-3-7-37-17-5-2-4-15(8-17)26(35)36/h2,4-5,8-9,13-14,19-20,23H,3,6-7,10-12H2,1H3,(H3,27,28)(H,29,32)(H,30,34)(H,35,36). The maximum Gasteiger partial charge on any atom is 0.335 e. The summed E-state index contributed by atoms with van der Waals surface area (Å²) < 4.78 is 5.51. The Labute approximate surface area is 223 Å². The number of nitrogens with zero attached hydrogens (tertiary/aromatic N) is 1. The monoisotopic (exact) mass is 541 g/mol. The second kappa shape index (κ2) is 11.6. The van der Waals surface area contributed by atoms with Crippen LogP contribution < -0.4 is 21.1 Å². The topological polar surface area (TPSA) is 175 Å². The van der Waals surface area contributed by atoms with Crippen molar-refractivity contribution in [3.8, 4) is 5.75 Å². The van der Waals surface area contributed by atoms with Gasteiger partial charge < -0.3 is 31.1 Å². The summed E-state index contributed by atoms with van der Waals surface area (Å²) >= 11 is 1.40. The van der Waals surface area contributed by atoms with Gasteiger partial charge in [-0.25, -0.2) is 4.79 Å². The molecule has 4 atom stereocenters. The van der Waals surface area contributed by atoms with Gasteiger partial charge in [0, 0.05) is 28.3 Å². The molecule has 1 saturated heterocycles. The van der Waals surface area contributed by atoms with Crippen molar-refractivity contribution in [2.24, 2.45) is 17.6 Å². The first-order chi connectivity index (χ1) is 18.2. The van der Waals surface area contributed by atoms with Crippen molar-refractivity contribution in [3.63, 3.8) is 0 Å². The highest BCUT2D eigenvalue weighted by Crippen LogP contribution is 2.53. The number of ether oxygens (including phenoxy) is 1. The Balaban J connectivity index is 1.21. The fraction of sp³-hybridized carbons (Fsp3) is 0.423. The normalized spacial score (nSPS) is 21.3. The molecule has 3 amide bonds. The van der Waals surface area contributed by atoms with E-state index in [9.17, 15) is 19.2 Å². The summed E-state index contributed by atoms with van der Waals surface area (Å²) in [7, 11) is 0. The van der Waals surface area contributed by atoms with E-state index in [0.29, 0.717) is 36.6 Å². The van der Waals surface area contributed by atoms with Gasteiger partial charge in [-0.05, 0) is 48.9 Å². The molecule has 1 aliphatic carbocycles. The number of carbonyl (C=O) groups is 4. The Morgan fingerprint density at radius 3 is 2.71 bits per heavy atom. The average Bonchev–Trinajstić information content (AvgIpc) is 3.26. The van der Waals surface area contributed by atoms with Crippen molar-refractivity contribution in [2.45, 2.75) is 44.8 Å². The number of nitrogens with two attached hydrogens (primary N) is 1. The zero-order valence-corrected chi connectivity index (χ0v) is 21.8. The van der Waals surface area contributed by atoms with Gasteiger partial charge in [-0.1, -0.05) is 13.0 Å². The summed E-state index contributed by atoms with van der Waals surface area (Å²) in [5.41, 5.74) is 6.23. The maximum atomic E-state index is 13.0. The lowest BCUT2D eigenvalue weighted by atomic mass is 10.1. The highest BCUT2D eigenvalue weighted by molar-refractivity contribution is 7.10. The molecule has 6 N–H and O–H groups in total. The number of thiophene rings is 1. The van der Waals surface area contributed by atoms with Crippen molar-refractivity contribution in [1.82, 2.24) is 15.5 Å². The molecule has 4 unspecified atom stereocenters. The molecule has 4 rings (SSSR count). The Morgan fingerprint density at radius 2 is 2.00 bits per heavy atom. The Morgan fingerprint density at radius 1 is 1.21 bits per heavy atom. The lowest BCUT2D eigenvalue weighted by Crippen LogP contribution is -2.51. The first-order valence-corrected chi connectivity index (χ1v) is 13.3. The number of likely N-dealkylation sites (tertiary alicyclic amines) is 1. The molecule has 1 aromatic heterocycles. The van der Waals surface area contributed by atoms with E-state index in [1.165, 1.54) is 23.5 Å². The number of benzene rings is 1. The van der Waals surface area contributed by atoms with E-state index in [4.69, 9.17) is 21.0 Å². The van der Waals surface area contributed by atoms with Gasteiger partial charge in [0.1, 0.15) is 17.6 Å². The summed E-state index contributed by atoms with van der Waals surface area (Å²) in [6.07, 6.45) is 1.13. The van der Waals surface area contributed by atoms with Crippen LogP contribution in [0, 0.1) is 17.2 Å². The van der Waals surface area contributed by atoms with Gasteiger partial charge in [0.05, 0.1) is 25.3 Å². The van der Waals surface area contributed by atoms with E-state index in [0.717, 1.165) is 4.88 Å². The number of aromatic carboxylic acids is 1. The molecule has 12 heteroatoms. The summed E-state index contributed by atoms with van der Waals surface area (Å²) in [5.74, 6) is -0.876. The Kier molecular flexibility index (Phi) is 8.30. The molecular weight excluding hydrogens is 510 g/mol. The summed E-state index contributed by atoms with van der Waals surface area (Å²) in [6, 6.07) is 7.31. The number of amidine groups is 1. The zero-order chi connectivity index (χ0) is 27.4. The lowest BCUT2D eigenvalue weighted by molar-refractivity contribution is -0.140. The maximum absolute atomic E-state index is 13.0. The minimum absolute atomic E-state index is 0.0103. The molecular formula is C26H31N5O6S. The van der Waals surface area contributed by atoms with E-state index in [2.05, 4.69) is 17.6 Å². The highest BCUT2D eigenvalue weighted by atomic mass is 32.1. The molecule has 1 saturated carbocycles. The van der Waals surface area contributed by atoms with Crippen LogP contribution in [0.1, 0.15) is 47.0 Å². The summed E-state index contributed by atoms with van der Waals surface area (Å²) in [4.78, 5) is 51.8. The first kappa shape index (κ1) is 27.1. The number of hydrogen-bond acceptors (Lipinski definition) is 7.